The van der Waals surface area contributed by atoms with Crippen LogP contribution in [-0.4, -0.2) is 48.4 Å². The fourth-order valence-electron chi connectivity index (χ4n) is 6.27. The van der Waals surface area contributed by atoms with E-state index >= 15 is 0 Å². The molecule has 0 N–H and O–H groups in total. The number of likely N-dealkylation sites (tertiary alicyclic amines) is 1. The van der Waals surface area contributed by atoms with E-state index < -0.39 is 18.5 Å². The number of oxazole rings is 1. The van der Waals surface area contributed by atoms with Crippen molar-refractivity contribution in [2.45, 2.75) is 45.9 Å². The van der Waals surface area contributed by atoms with Crippen molar-refractivity contribution >= 4 is 23.4 Å². The molecule has 1 fully saturated rings. The number of hydrogen-bond donors (Lipinski definition) is 0. The van der Waals surface area contributed by atoms with Gasteiger partial charge in [-0.05, 0) is 90.9 Å². The summed E-state index contributed by atoms with van der Waals surface area (Å²) in [5.41, 5.74) is 7.02. The summed E-state index contributed by atoms with van der Waals surface area (Å²) in [5.74, 6) is -0.683. The van der Waals surface area contributed by atoms with Crippen molar-refractivity contribution in [1.82, 2.24) is 9.88 Å². The highest BCUT2D eigenvalue weighted by atomic mass is 19.3. The third kappa shape index (κ3) is 5.88. The summed E-state index contributed by atoms with van der Waals surface area (Å²) in [6, 6.07) is 18.7. The summed E-state index contributed by atoms with van der Waals surface area (Å²) in [7, 11) is 1.33. The molecule has 0 saturated carbocycles. The van der Waals surface area contributed by atoms with Gasteiger partial charge in [0.25, 0.3) is 0 Å². The second-order valence-electron chi connectivity index (χ2n) is 11.3. The quantitative estimate of drug-likeness (QED) is 0.120. The smallest absolute Gasteiger partial charge is 0.387 e. The van der Waals surface area contributed by atoms with Crippen LogP contribution in [0, 0.1) is 19.7 Å². The molecule has 0 amide bonds. The number of alkyl halides is 2. The third-order valence-corrected chi connectivity index (χ3v) is 8.62. The molecule has 1 saturated heterocycles. The van der Waals surface area contributed by atoms with E-state index in [1.165, 1.54) is 25.3 Å². The minimum absolute atomic E-state index is 0.000817. The lowest BCUT2D eigenvalue weighted by atomic mass is 9.89. The molecule has 0 radical (unpaired) electrons. The van der Waals surface area contributed by atoms with Crippen LogP contribution in [0.5, 0.6) is 5.75 Å². The zero-order valence-corrected chi connectivity index (χ0v) is 25.5. The maximum Gasteiger partial charge on any atom is 0.387 e. The van der Waals surface area contributed by atoms with Crippen molar-refractivity contribution in [3.63, 3.8) is 0 Å². The Morgan fingerprint density at radius 2 is 1.72 bits per heavy atom. The zero-order chi connectivity index (χ0) is 32.5. The van der Waals surface area contributed by atoms with Crippen LogP contribution in [0.2, 0.25) is 0 Å². The van der Waals surface area contributed by atoms with Gasteiger partial charge in [0.2, 0.25) is 5.89 Å². The second-order valence-corrected chi connectivity index (χ2v) is 11.3. The average molecular weight is 629 g/mol. The van der Waals surface area contributed by atoms with Crippen LogP contribution in [0.1, 0.15) is 39.9 Å². The van der Waals surface area contributed by atoms with Gasteiger partial charge < -0.3 is 13.9 Å². The Morgan fingerprint density at radius 1 is 1.02 bits per heavy atom. The lowest BCUT2D eigenvalue weighted by molar-refractivity contribution is -0.146. The minimum Gasteiger partial charge on any atom is -0.468 e. The van der Waals surface area contributed by atoms with Crippen molar-refractivity contribution in [3.05, 3.63) is 94.8 Å². The largest absolute Gasteiger partial charge is 0.468 e. The molecule has 2 heterocycles. The molecule has 6 rings (SSSR count). The number of rotatable bonds is 9. The summed E-state index contributed by atoms with van der Waals surface area (Å²) in [5, 5.41) is 0. The van der Waals surface area contributed by atoms with Crippen molar-refractivity contribution in [2.24, 2.45) is 0 Å². The van der Waals surface area contributed by atoms with Gasteiger partial charge in [0.15, 0.2) is 11.9 Å². The van der Waals surface area contributed by atoms with Crippen LogP contribution < -0.4 is 4.74 Å². The molecule has 0 unspecified atom stereocenters. The Balaban J connectivity index is 1.38. The Morgan fingerprint density at radius 3 is 2.39 bits per heavy atom. The van der Waals surface area contributed by atoms with E-state index in [1.54, 1.807) is 12.1 Å². The molecule has 46 heavy (non-hydrogen) atoms. The fraction of sp³-hybridized carbons (Fsp3) is 0.250. The predicted octanol–water partition coefficient (Wildman–Crippen LogP) is 8.14. The molecule has 1 atom stereocenters. The highest BCUT2D eigenvalue weighted by Gasteiger charge is 2.32. The van der Waals surface area contributed by atoms with Gasteiger partial charge in [-0.3, -0.25) is 14.5 Å². The van der Waals surface area contributed by atoms with Crippen LogP contribution in [0.15, 0.2) is 71.1 Å². The highest BCUT2D eigenvalue weighted by Crippen LogP contribution is 2.39. The van der Waals surface area contributed by atoms with Gasteiger partial charge >= 0.3 is 12.6 Å². The molecule has 10 heteroatoms. The van der Waals surface area contributed by atoms with Gasteiger partial charge in [0.05, 0.1) is 12.7 Å². The maximum atomic E-state index is 14.4. The normalized spacial score (nSPS) is 15.1. The molecule has 236 valence electrons. The van der Waals surface area contributed by atoms with Crippen LogP contribution in [0.4, 0.5) is 13.2 Å². The first-order chi connectivity index (χ1) is 22.2. The Hall–Kier alpha value is -4.96. The van der Waals surface area contributed by atoms with E-state index in [4.69, 9.17) is 18.9 Å². The number of nitrogens with zero attached hydrogens (tertiary/aromatic N) is 2. The monoisotopic (exact) mass is 628 g/mol. The second kappa shape index (κ2) is 12.8. The zero-order valence-electron chi connectivity index (χ0n) is 25.5. The fourth-order valence-corrected chi connectivity index (χ4v) is 6.27. The van der Waals surface area contributed by atoms with E-state index in [0.29, 0.717) is 47.3 Å². The van der Waals surface area contributed by atoms with Gasteiger partial charge in [-0.1, -0.05) is 36.4 Å². The minimum atomic E-state index is -3.05. The number of esters is 1. The number of ether oxygens (including phenoxy) is 2. The van der Waals surface area contributed by atoms with E-state index in [9.17, 15) is 22.8 Å². The SMILES string of the molecule is COC(=O)[C@@H]1CCCN1Cc1cc2nc(-c3cccc(-c4cccc(-c5ccc(C=O)c(F)c5)c4C)c3C)oc2cc1OC(F)F. The first-order valence-electron chi connectivity index (χ1n) is 14.8. The molecule has 1 aliphatic rings. The molecule has 1 aliphatic heterocycles. The maximum absolute atomic E-state index is 14.4. The molecular formula is C36H31F3N2O5. The van der Waals surface area contributed by atoms with Gasteiger partial charge in [-0.15, -0.1) is 0 Å². The Kier molecular flexibility index (Phi) is 8.64. The Bertz CT molecular complexity index is 1950. The van der Waals surface area contributed by atoms with E-state index in [2.05, 4.69) is 0 Å². The van der Waals surface area contributed by atoms with E-state index in [1.807, 2.05) is 55.1 Å². The van der Waals surface area contributed by atoms with Gasteiger partial charge in [0, 0.05) is 23.7 Å². The Labute approximate surface area is 263 Å². The van der Waals surface area contributed by atoms with Crippen LogP contribution in [0.25, 0.3) is 44.8 Å². The summed E-state index contributed by atoms with van der Waals surface area (Å²) in [4.78, 5) is 30.0. The number of aromatic nitrogens is 1. The number of halogens is 3. The summed E-state index contributed by atoms with van der Waals surface area (Å²) in [6.45, 7) is 1.67. The van der Waals surface area contributed by atoms with Crippen LogP contribution >= 0.6 is 0 Å². The highest BCUT2D eigenvalue weighted by molar-refractivity contribution is 5.85. The molecule has 5 aromatic rings. The van der Waals surface area contributed by atoms with Gasteiger partial charge in [-0.2, -0.15) is 8.78 Å². The molecular weight excluding hydrogens is 597 g/mol. The molecule has 7 nitrogen and oxygen atoms in total. The first-order valence-corrected chi connectivity index (χ1v) is 14.8. The molecule has 0 aliphatic carbocycles. The number of fused-ring (bicyclic) bond motifs is 1. The molecule has 4 aromatic carbocycles. The standard InChI is InChI=1S/C36H31F3N2O5/c1-20-25(22-12-13-23(19-42)29(37)15-22)7-4-8-26(20)27-9-5-10-28(21(27)2)34-40-30-16-24(32(46-36(38)39)17-33(30)45-34)18-41-14-6-11-31(41)35(43)44-3/h4-5,7-10,12-13,15-17,19,31,36H,6,11,14,18H2,1-3H3/t31-/m0/s1. The van der Waals surface area contributed by atoms with Crippen molar-refractivity contribution in [2.75, 3.05) is 13.7 Å². The van der Waals surface area contributed by atoms with Crippen LogP contribution in [0.3, 0.4) is 0 Å². The number of benzene rings is 4. The topological polar surface area (TPSA) is 81.9 Å². The lowest BCUT2D eigenvalue weighted by Gasteiger charge is -2.23. The number of aldehydes is 1. The van der Waals surface area contributed by atoms with Crippen LogP contribution in [-0.2, 0) is 16.1 Å². The number of methoxy groups -OCH3 is 1. The number of carbonyl (C=O) groups is 2. The number of carbonyl (C=O) groups excluding carboxylic acids is 2. The number of hydrogen-bond acceptors (Lipinski definition) is 7. The summed E-state index contributed by atoms with van der Waals surface area (Å²) < 4.78 is 57.2. The van der Waals surface area contributed by atoms with E-state index in [0.717, 1.165) is 34.2 Å². The molecule has 0 spiro atoms. The lowest BCUT2D eigenvalue weighted by Crippen LogP contribution is -2.36. The van der Waals surface area contributed by atoms with Gasteiger partial charge in [0.1, 0.15) is 23.1 Å². The predicted molar refractivity (Wildman–Crippen MR) is 167 cm³/mol. The van der Waals surface area contributed by atoms with Crippen molar-refractivity contribution in [3.8, 4) is 39.5 Å². The van der Waals surface area contributed by atoms with Crippen molar-refractivity contribution in [1.29, 1.82) is 0 Å². The molecule has 1 aromatic heterocycles. The molecule has 0 bridgehead atoms. The summed E-state index contributed by atoms with van der Waals surface area (Å²) in [6.07, 6.45) is 1.89. The third-order valence-electron chi connectivity index (χ3n) is 8.62. The summed E-state index contributed by atoms with van der Waals surface area (Å²) >= 11 is 0. The van der Waals surface area contributed by atoms with Gasteiger partial charge in [-0.25, -0.2) is 9.37 Å². The average Bonchev–Trinajstić information content (AvgIpc) is 3.67. The van der Waals surface area contributed by atoms with E-state index in [-0.39, 0.29) is 29.4 Å². The van der Waals surface area contributed by atoms with Crippen molar-refractivity contribution < 1.29 is 36.7 Å². The first kappa shape index (κ1) is 31.0.